The molecule has 1 aliphatic heterocycles. The second-order valence-corrected chi connectivity index (χ2v) is 6.78. The van der Waals surface area contributed by atoms with Crippen LogP contribution in [0, 0.1) is 0 Å². The molecular formula is C19H21NO4. The maximum atomic E-state index is 12.4. The minimum atomic E-state index is -0.356. The Morgan fingerprint density at radius 3 is 2.79 bits per heavy atom. The van der Waals surface area contributed by atoms with Gasteiger partial charge >= 0.3 is 0 Å². The molecule has 1 aromatic carbocycles. The highest BCUT2D eigenvalue weighted by Gasteiger charge is 2.50. The number of hydrogen-bond acceptors (Lipinski definition) is 5. The number of ketones is 1. The number of aromatic hydroxyl groups is 1. The standard InChI is InChI=1S/C19H21NO4/c1-20-5-4-19-10-18(24-3)16(22)8-13(19)14(20)6-11-7-15(21)17(23-2)9-12(11)19/h7-10,14,21H,4-6H2,1-3H3/t14-,19-/m0/s1. The van der Waals surface area contributed by atoms with Gasteiger partial charge in [0.2, 0.25) is 5.78 Å². The molecule has 1 fully saturated rings. The molecule has 2 aliphatic carbocycles. The van der Waals surface area contributed by atoms with Crippen molar-refractivity contribution in [2.45, 2.75) is 24.3 Å². The summed E-state index contributed by atoms with van der Waals surface area (Å²) in [6, 6.07) is 3.88. The largest absolute Gasteiger partial charge is 0.504 e. The normalized spacial score (nSPS) is 28.5. The molecule has 0 amide bonds. The molecule has 3 aliphatic rings. The highest BCUT2D eigenvalue weighted by molar-refractivity contribution is 6.05. The van der Waals surface area contributed by atoms with E-state index in [1.54, 1.807) is 19.3 Å². The van der Waals surface area contributed by atoms with Crippen LogP contribution in [0.2, 0.25) is 0 Å². The van der Waals surface area contributed by atoms with E-state index in [0.717, 1.165) is 36.1 Å². The number of carbonyl (C=O) groups excluding carboxylic acids is 1. The lowest BCUT2D eigenvalue weighted by Gasteiger charge is -2.52. The van der Waals surface area contributed by atoms with Crippen LogP contribution in [0.25, 0.3) is 0 Å². The second-order valence-electron chi connectivity index (χ2n) is 6.78. The number of fused-ring (bicyclic) bond motifs is 1. The number of piperidine rings is 1. The van der Waals surface area contributed by atoms with Crippen molar-refractivity contribution in [3.63, 3.8) is 0 Å². The van der Waals surface area contributed by atoms with Gasteiger partial charge in [-0.05, 0) is 67.4 Å². The van der Waals surface area contributed by atoms with Gasteiger partial charge in [-0.2, -0.15) is 0 Å². The number of phenols is 1. The number of phenolic OH excluding ortho intramolecular Hbond substituents is 1. The second kappa shape index (κ2) is 5.11. The summed E-state index contributed by atoms with van der Waals surface area (Å²) in [5, 5.41) is 10.2. The molecule has 0 unspecified atom stereocenters. The lowest BCUT2D eigenvalue weighted by molar-refractivity contribution is -0.114. The predicted octanol–water partition coefficient (Wildman–Crippen LogP) is 1.94. The molecule has 5 nitrogen and oxygen atoms in total. The molecule has 0 aromatic heterocycles. The summed E-state index contributed by atoms with van der Waals surface area (Å²) >= 11 is 0. The van der Waals surface area contributed by atoms with Gasteiger partial charge in [-0.1, -0.05) is 0 Å². The lowest BCUT2D eigenvalue weighted by Crippen LogP contribution is -2.54. The molecule has 0 radical (unpaired) electrons. The smallest absolute Gasteiger partial charge is 0.220 e. The van der Waals surface area contributed by atoms with Crippen LogP contribution in [0.1, 0.15) is 17.5 Å². The Bertz CT molecular complexity index is 795. The molecule has 1 heterocycles. The molecule has 1 aromatic rings. The summed E-state index contributed by atoms with van der Waals surface area (Å²) in [5.74, 6) is 0.937. The van der Waals surface area contributed by atoms with Crippen LogP contribution in [0.5, 0.6) is 11.5 Å². The van der Waals surface area contributed by atoms with Crippen molar-refractivity contribution in [2.24, 2.45) is 0 Å². The van der Waals surface area contributed by atoms with Gasteiger partial charge in [0, 0.05) is 11.5 Å². The first-order chi connectivity index (χ1) is 11.5. The minimum Gasteiger partial charge on any atom is -0.504 e. The highest BCUT2D eigenvalue weighted by atomic mass is 16.5. The molecule has 5 heteroatoms. The first-order valence-electron chi connectivity index (χ1n) is 8.14. The van der Waals surface area contributed by atoms with E-state index in [0.29, 0.717) is 11.5 Å². The van der Waals surface area contributed by atoms with E-state index in [9.17, 15) is 9.90 Å². The number of ether oxygens (including phenoxy) is 2. The highest BCUT2D eigenvalue weighted by Crippen LogP contribution is 2.53. The van der Waals surface area contributed by atoms with Gasteiger partial charge in [-0.15, -0.1) is 0 Å². The van der Waals surface area contributed by atoms with E-state index in [-0.39, 0.29) is 23.0 Å². The molecule has 126 valence electrons. The molecular weight excluding hydrogens is 306 g/mol. The Hall–Kier alpha value is -2.27. The summed E-state index contributed by atoms with van der Waals surface area (Å²) in [7, 11) is 5.17. The summed E-state index contributed by atoms with van der Waals surface area (Å²) in [5.41, 5.74) is 2.98. The fourth-order valence-electron chi connectivity index (χ4n) is 4.44. The van der Waals surface area contributed by atoms with E-state index in [2.05, 4.69) is 11.9 Å². The van der Waals surface area contributed by atoms with Gasteiger partial charge in [-0.3, -0.25) is 9.69 Å². The fourth-order valence-corrected chi connectivity index (χ4v) is 4.44. The summed E-state index contributed by atoms with van der Waals surface area (Å²) in [4.78, 5) is 14.6. The van der Waals surface area contributed by atoms with Gasteiger partial charge in [0.25, 0.3) is 0 Å². The fraction of sp³-hybridized carbons (Fsp3) is 0.421. The van der Waals surface area contributed by atoms with Crippen molar-refractivity contribution in [3.05, 3.63) is 46.7 Å². The van der Waals surface area contributed by atoms with Crippen molar-refractivity contribution in [2.75, 3.05) is 27.8 Å². The van der Waals surface area contributed by atoms with Crippen LogP contribution in [-0.2, 0) is 21.4 Å². The lowest BCUT2D eigenvalue weighted by atomic mass is 9.59. The van der Waals surface area contributed by atoms with Crippen LogP contribution in [-0.4, -0.2) is 49.6 Å². The number of hydrogen-bond donors (Lipinski definition) is 1. The minimum absolute atomic E-state index is 0.0716. The molecule has 1 saturated heterocycles. The Balaban J connectivity index is 2.00. The quantitative estimate of drug-likeness (QED) is 0.899. The average molecular weight is 327 g/mol. The van der Waals surface area contributed by atoms with Crippen molar-refractivity contribution in [1.29, 1.82) is 0 Å². The topological polar surface area (TPSA) is 59.0 Å². The summed E-state index contributed by atoms with van der Waals surface area (Å²) in [6.07, 6.45) is 5.37. The van der Waals surface area contributed by atoms with Gasteiger partial charge in [-0.25, -0.2) is 0 Å². The molecule has 0 spiro atoms. The number of methoxy groups -OCH3 is 2. The Kier molecular flexibility index (Phi) is 3.25. The molecule has 24 heavy (non-hydrogen) atoms. The van der Waals surface area contributed by atoms with E-state index in [1.807, 2.05) is 12.1 Å². The zero-order valence-electron chi connectivity index (χ0n) is 14.1. The zero-order valence-corrected chi connectivity index (χ0v) is 14.1. The van der Waals surface area contributed by atoms with Gasteiger partial charge in [0.1, 0.15) is 0 Å². The molecule has 1 N–H and O–H groups in total. The van der Waals surface area contributed by atoms with Gasteiger partial charge in [0.05, 0.1) is 14.2 Å². The van der Waals surface area contributed by atoms with Crippen LogP contribution in [0.4, 0.5) is 0 Å². The van der Waals surface area contributed by atoms with Crippen LogP contribution in [0.15, 0.2) is 35.6 Å². The number of carbonyl (C=O) groups is 1. The van der Waals surface area contributed by atoms with Crippen molar-refractivity contribution >= 4 is 5.78 Å². The Morgan fingerprint density at radius 1 is 1.29 bits per heavy atom. The van der Waals surface area contributed by atoms with Gasteiger partial charge in [0.15, 0.2) is 17.3 Å². The third-order valence-electron chi connectivity index (χ3n) is 5.69. The van der Waals surface area contributed by atoms with Crippen LogP contribution < -0.4 is 4.74 Å². The van der Waals surface area contributed by atoms with Crippen LogP contribution in [0.3, 0.4) is 0 Å². The van der Waals surface area contributed by atoms with Crippen LogP contribution >= 0.6 is 0 Å². The van der Waals surface area contributed by atoms with E-state index in [1.165, 1.54) is 7.11 Å². The molecule has 0 saturated carbocycles. The first-order valence-corrected chi connectivity index (χ1v) is 8.14. The Labute approximate surface area is 141 Å². The number of allylic oxidation sites excluding steroid dienone is 2. The van der Waals surface area contributed by atoms with Crippen molar-refractivity contribution in [1.82, 2.24) is 4.90 Å². The monoisotopic (exact) mass is 327 g/mol. The number of likely N-dealkylation sites (tertiary alicyclic amines) is 1. The third-order valence-corrected chi connectivity index (χ3v) is 5.69. The van der Waals surface area contributed by atoms with Crippen molar-refractivity contribution < 1.29 is 19.4 Å². The number of benzene rings is 1. The molecule has 2 atom stereocenters. The zero-order chi connectivity index (χ0) is 17.1. The van der Waals surface area contributed by atoms with E-state index in [4.69, 9.17) is 9.47 Å². The molecule has 4 rings (SSSR count). The SMILES string of the molecule is COC1=C[C@@]23CCN(C)[C@@H](Cc4cc(O)c(OC)cc42)C3=CC1=O. The summed E-state index contributed by atoms with van der Waals surface area (Å²) < 4.78 is 10.7. The number of nitrogens with zero attached hydrogens (tertiary/aromatic N) is 1. The maximum absolute atomic E-state index is 12.4. The van der Waals surface area contributed by atoms with Gasteiger partial charge < -0.3 is 14.6 Å². The predicted molar refractivity (Wildman–Crippen MR) is 89.3 cm³/mol. The number of likely N-dealkylation sites (N-methyl/N-ethyl adjacent to an activating group) is 1. The van der Waals surface area contributed by atoms with E-state index < -0.39 is 0 Å². The summed E-state index contributed by atoms with van der Waals surface area (Å²) in [6.45, 7) is 0.937. The maximum Gasteiger partial charge on any atom is 0.220 e. The number of rotatable bonds is 2. The average Bonchev–Trinajstić information content (AvgIpc) is 2.57. The van der Waals surface area contributed by atoms with E-state index >= 15 is 0 Å². The molecule has 2 bridgehead atoms. The first kappa shape index (κ1) is 15.3. The third kappa shape index (κ3) is 1.88. The Morgan fingerprint density at radius 2 is 2.08 bits per heavy atom. The van der Waals surface area contributed by atoms with Crippen molar-refractivity contribution in [3.8, 4) is 11.5 Å².